The van der Waals surface area contributed by atoms with Crippen LogP contribution in [0.4, 0.5) is 0 Å². The van der Waals surface area contributed by atoms with Gasteiger partial charge in [0.05, 0.1) is 0 Å². The van der Waals surface area contributed by atoms with E-state index in [1.807, 2.05) is 0 Å². The van der Waals surface area contributed by atoms with E-state index in [9.17, 15) is 8.42 Å². The van der Waals surface area contributed by atoms with Crippen molar-refractivity contribution in [2.75, 3.05) is 0 Å². The predicted octanol–water partition coefficient (Wildman–Crippen LogP) is -0.953. The van der Waals surface area contributed by atoms with Crippen molar-refractivity contribution < 1.29 is 8.42 Å². The van der Waals surface area contributed by atoms with Gasteiger partial charge >= 0.3 is 0 Å². The van der Waals surface area contributed by atoms with Crippen molar-refractivity contribution in [1.29, 1.82) is 0 Å². The summed E-state index contributed by atoms with van der Waals surface area (Å²) in [5, 5.41) is 0. The largest absolute Gasteiger partial charge is 0.313 e. The standard InChI is InChI=1S/C3H7NO2S/c4-3(1-2-3)7(5)6/h7H,1-2,4H2. The predicted molar refractivity (Wildman–Crippen MR) is 26.5 cm³/mol. The summed E-state index contributed by atoms with van der Waals surface area (Å²) < 4.78 is 20.0. The Bertz CT molecular complexity index is 139. The molecule has 0 aromatic rings. The minimum absolute atomic E-state index is 0.645. The zero-order chi connectivity index (χ0) is 5.49. The number of hydrogen-bond donors (Lipinski definition) is 2. The first-order valence-electron chi connectivity index (χ1n) is 2.08. The normalized spacial score (nSPS) is 25.4. The fraction of sp³-hybridized carbons (Fsp3) is 1.00. The zero-order valence-corrected chi connectivity index (χ0v) is 4.65. The summed E-state index contributed by atoms with van der Waals surface area (Å²) in [5.74, 6) is 0. The molecule has 0 spiro atoms. The average molecular weight is 121 g/mol. The monoisotopic (exact) mass is 121 g/mol. The molecule has 1 aliphatic rings. The molecule has 3 nitrogen and oxygen atoms in total. The highest BCUT2D eigenvalue weighted by molar-refractivity contribution is 7.74. The van der Waals surface area contributed by atoms with Gasteiger partial charge < -0.3 is 5.73 Å². The van der Waals surface area contributed by atoms with Crippen LogP contribution in [0, 0.1) is 0 Å². The lowest BCUT2D eigenvalue weighted by Gasteiger charge is -1.90. The fourth-order valence-corrected chi connectivity index (χ4v) is 0.788. The van der Waals surface area contributed by atoms with Crippen molar-refractivity contribution in [2.45, 2.75) is 17.7 Å². The van der Waals surface area contributed by atoms with E-state index < -0.39 is 15.6 Å². The third-order valence-corrected chi connectivity index (χ3v) is 2.30. The Hall–Kier alpha value is -0.0900. The maximum atomic E-state index is 10.00. The summed E-state index contributed by atoms with van der Waals surface area (Å²) in [7, 11) is -2.35. The van der Waals surface area contributed by atoms with Crippen LogP contribution in [-0.2, 0) is 10.7 Å². The van der Waals surface area contributed by atoms with Crippen LogP contribution in [0.5, 0.6) is 0 Å². The van der Waals surface area contributed by atoms with E-state index in [1.165, 1.54) is 0 Å². The number of thiol groups is 1. The topological polar surface area (TPSA) is 60.2 Å². The quantitative estimate of drug-likeness (QED) is 0.439. The van der Waals surface area contributed by atoms with Gasteiger partial charge in [0.15, 0.2) is 10.7 Å². The summed E-state index contributed by atoms with van der Waals surface area (Å²) in [6, 6.07) is 0. The highest BCUT2D eigenvalue weighted by Gasteiger charge is 2.42. The molecule has 2 N–H and O–H groups in total. The molecule has 0 aliphatic heterocycles. The van der Waals surface area contributed by atoms with Crippen molar-refractivity contribution in [3.8, 4) is 0 Å². The van der Waals surface area contributed by atoms with Crippen molar-refractivity contribution in [3.05, 3.63) is 0 Å². The maximum Gasteiger partial charge on any atom is 0.158 e. The van der Waals surface area contributed by atoms with Gasteiger partial charge in [-0.1, -0.05) is 0 Å². The molecule has 1 rings (SSSR count). The lowest BCUT2D eigenvalue weighted by Crippen LogP contribution is -2.22. The lowest BCUT2D eigenvalue weighted by molar-refractivity contribution is 0.599. The molecular weight excluding hydrogens is 114 g/mol. The summed E-state index contributed by atoms with van der Waals surface area (Å²) in [5.41, 5.74) is 5.19. The number of hydrogen-bond acceptors (Lipinski definition) is 3. The van der Waals surface area contributed by atoms with Crippen molar-refractivity contribution in [3.63, 3.8) is 0 Å². The number of rotatable bonds is 1. The van der Waals surface area contributed by atoms with Crippen molar-refractivity contribution >= 4 is 10.7 Å². The third kappa shape index (κ3) is 0.759. The zero-order valence-electron chi connectivity index (χ0n) is 3.76. The average Bonchev–Trinajstić information content (AvgIpc) is 2.21. The van der Waals surface area contributed by atoms with Crippen LogP contribution in [0.2, 0.25) is 0 Å². The molecule has 7 heavy (non-hydrogen) atoms. The van der Waals surface area contributed by atoms with E-state index in [1.54, 1.807) is 0 Å². The van der Waals surface area contributed by atoms with E-state index >= 15 is 0 Å². The summed E-state index contributed by atoms with van der Waals surface area (Å²) in [4.78, 5) is -0.796. The highest BCUT2D eigenvalue weighted by atomic mass is 32.2. The molecule has 4 heteroatoms. The van der Waals surface area contributed by atoms with Crippen LogP contribution in [0.1, 0.15) is 12.8 Å². The van der Waals surface area contributed by atoms with Gasteiger partial charge in [0, 0.05) is 0 Å². The van der Waals surface area contributed by atoms with E-state index in [-0.39, 0.29) is 0 Å². The Kier molecular flexibility index (Phi) is 0.864. The molecule has 0 atom stereocenters. The second kappa shape index (κ2) is 1.20. The summed E-state index contributed by atoms with van der Waals surface area (Å²) in [6.07, 6.45) is 1.29. The molecular formula is C3H7NO2S. The van der Waals surface area contributed by atoms with E-state index in [0.717, 1.165) is 0 Å². The molecule has 0 radical (unpaired) electrons. The van der Waals surface area contributed by atoms with Gasteiger partial charge in [-0.05, 0) is 12.8 Å². The van der Waals surface area contributed by atoms with Crippen LogP contribution in [0.25, 0.3) is 0 Å². The minimum Gasteiger partial charge on any atom is -0.313 e. The minimum atomic E-state index is -2.35. The molecule has 0 saturated heterocycles. The van der Waals surface area contributed by atoms with Gasteiger partial charge in [-0.15, -0.1) is 0 Å². The Labute approximate surface area is 43.5 Å². The molecule has 1 saturated carbocycles. The Morgan fingerprint density at radius 3 is 1.86 bits per heavy atom. The molecule has 0 heterocycles. The van der Waals surface area contributed by atoms with Gasteiger partial charge in [-0.2, -0.15) is 0 Å². The Morgan fingerprint density at radius 1 is 1.43 bits per heavy atom. The number of nitrogens with two attached hydrogens (primary N) is 1. The molecule has 0 bridgehead atoms. The molecule has 1 fully saturated rings. The second-order valence-corrected chi connectivity index (χ2v) is 3.27. The van der Waals surface area contributed by atoms with Crippen LogP contribution < -0.4 is 5.73 Å². The van der Waals surface area contributed by atoms with Gasteiger partial charge in [0.1, 0.15) is 4.87 Å². The summed E-state index contributed by atoms with van der Waals surface area (Å²) >= 11 is 0. The molecule has 0 aromatic heterocycles. The van der Waals surface area contributed by atoms with E-state index in [0.29, 0.717) is 12.8 Å². The summed E-state index contributed by atoms with van der Waals surface area (Å²) in [6.45, 7) is 0. The smallest absolute Gasteiger partial charge is 0.158 e. The molecule has 42 valence electrons. The van der Waals surface area contributed by atoms with Crippen LogP contribution in [0.3, 0.4) is 0 Å². The van der Waals surface area contributed by atoms with Gasteiger partial charge in [-0.25, -0.2) is 8.42 Å². The first-order valence-corrected chi connectivity index (χ1v) is 3.26. The van der Waals surface area contributed by atoms with Crippen LogP contribution >= 0.6 is 0 Å². The molecule has 0 aromatic carbocycles. The van der Waals surface area contributed by atoms with E-state index in [2.05, 4.69) is 0 Å². The Morgan fingerprint density at radius 2 is 1.86 bits per heavy atom. The van der Waals surface area contributed by atoms with Crippen LogP contribution in [0.15, 0.2) is 0 Å². The first-order chi connectivity index (χ1) is 3.15. The lowest BCUT2D eigenvalue weighted by atomic mass is 10.8. The second-order valence-electron chi connectivity index (χ2n) is 1.86. The first kappa shape index (κ1) is 5.05. The molecule has 1 aliphatic carbocycles. The Balaban J connectivity index is 2.73. The maximum absolute atomic E-state index is 10.00. The SMILES string of the molecule is NC1([SH](=O)=O)CC1. The van der Waals surface area contributed by atoms with Gasteiger partial charge in [-0.3, -0.25) is 0 Å². The van der Waals surface area contributed by atoms with Crippen molar-refractivity contribution in [2.24, 2.45) is 5.73 Å². The fourth-order valence-electron chi connectivity index (χ4n) is 0.311. The third-order valence-electron chi connectivity index (χ3n) is 1.13. The molecule has 0 unspecified atom stereocenters. The van der Waals surface area contributed by atoms with Crippen LogP contribution in [-0.4, -0.2) is 13.3 Å². The highest BCUT2D eigenvalue weighted by Crippen LogP contribution is 2.32. The van der Waals surface area contributed by atoms with Gasteiger partial charge in [0.2, 0.25) is 0 Å². The van der Waals surface area contributed by atoms with Crippen molar-refractivity contribution in [1.82, 2.24) is 0 Å². The van der Waals surface area contributed by atoms with Gasteiger partial charge in [0.25, 0.3) is 0 Å². The molecule has 0 amide bonds. The van der Waals surface area contributed by atoms with E-state index in [4.69, 9.17) is 5.73 Å².